The van der Waals surface area contributed by atoms with Crippen molar-refractivity contribution in [1.29, 1.82) is 0 Å². The maximum absolute atomic E-state index is 14.0. The summed E-state index contributed by atoms with van der Waals surface area (Å²) in [6.07, 6.45) is 6.62. The molecule has 0 aliphatic rings. The summed E-state index contributed by atoms with van der Waals surface area (Å²) in [6.45, 7) is 8.47. The number of pyridine rings is 1. The van der Waals surface area contributed by atoms with Gasteiger partial charge in [-0.05, 0) is 43.7 Å². The third-order valence-electron chi connectivity index (χ3n) is 3.86. The molecule has 9 heteroatoms. The van der Waals surface area contributed by atoms with Crippen molar-refractivity contribution >= 4 is 27.2 Å². The Morgan fingerprint density at radius 1 is 1.23 bits per heavy atom. The van der Waals surface area contributed by atoms with Crippen molar-refractivity contribution in [3.63, 3.8) is 0 Å². The number of carbonyl (C=O) groups excluding carboxylic acids is 1. The number of hydrogen-bond acceptors (Lipinski definition) is 4. The number of nitrogens with one attached hydrogen (secondary N) is 2. The molecular weight excluding hydrogens is 412 g/mol. The fourth-order valence-electron chi connectivity index (χ4n) is 2.54. The number of hydrogen-bond donors (Lipinski definition) is 2. The van der Waals surface area contributed by atoms with Gasteiger partial charge in [0.25, 0.3) is 10.0 Å². The van der Waals surface area contributed by atoms with Crippen LogP contribution in [0.15, 0.2) is 65.9 Å². The van der Waals surface area contributed by atoms with Crippen LogP contribution in [-0.4, -0.2) is 19.3 Å². The molecule has 1 aromatic heterocycles. The molecule has 0 unspecified atom stereocenters. The van der Waals surface area contributed by atoms with Crippen LogP contribution in [-0.2, 0) is 14.8 Å². The molecule has 1 heterocycles. The molecule has 0 aliphatic heterocycles. The lowest BCUT2D eigenvalue weighted by molar-refractivity contribution is -0.118. The Balaban J connectivity index is 2.46. The number of aromatic nitrogens is 1. The molecule has 2 aromatic rings. The number of benzene rings is 1. The summed E-state index contributed by atoms with van der Waals surface area (Å²) in [5.41, 5.74) is 1.95. The number of anilines is 1. The minimum atomic E-state index is -4.32. The zero-order valence-corrected chi connectivity index (χ0v) is 17.5. The number of aryl methyl sites for hydroxylation is 1. The van der Waals surface area contributed by atoms with Crippen LogP contribution in [0.25, 0.3) is 5.57 Å². The van der Waals surface area contributed by atoms with Gasteiger partial charge in [0.15, 0.2) is 0 Å². The van der Waals surface area contributed by atoms with Crippen molar-refractivity contribution in [3.8, 4) is 0 Å². The van der Waals surface area contributed by atoms with Crippen LogP contribution in [0, 0.1) is 18.6 Å². The Hall–Kier alpha value is -3.33. The zero-order chi connectivity index (χ0) is 22.5. The number of sulfonamides is 1. The quantitative estimate of drug-likeness (QED) is 0.644. The maximum Gasteiger partial charge on any atom is 0.264 e. The van der Waals surface area contributed by atoms with Crippen molar-refractivity contribution in [3.05, 3.63) is 83.9 Å². The van der Waals surface area contributed by atoms with Gasteiger partial charge in [0, 0.05) is 30.4 Å². The Labute approximate surface area is 174 Å². The van der Waals surface area contributed by atoms with E-state index in [-0.39, 0.29) is 11.6 Å². The van der Waals surface area contributed by atoms with Crippen molar-refractivity contribution in [2.75, 3.05) is 4.72 Å². The molecular formula is C21H21F2N3O3S. The first-order valence-electron chi connectivity index (χ1n) is 8.79. The molecule has 158 valence electrons. The van der Waals surface area contributed by atoms with E-state index in [9.17, 15) is 22.0 Å². The highest BCUT2D eigenvalue weighted by Crippen LogP contribution is 2.25. The molecule has 30 heavy (non-hydrogen) atoms. The van der Waals surface area contributed by atoms with Crippen molar-refractivity contribution < 1.29 is 22.0 Å². The molecule has 2 rings (SSSR count). The fraction of sp³-hybridized carbons (Fsp3) is 0.143. The second-order valence-electron chi connectivity index (χ2n) is 6.34. The van der Waals surface area contributed by atoms with Crippen LogP contribution in [0.5, 0.6) is 0 Å². The topological polar surface area (TPSA) is 88.2 Å². The average Bonchev–Trinajstić information content (AvgIpc) is 2.62. The smallest absolute Gasteiger partial charge is 0.264 e. The van der Waals surface area contributed by atoms with Gasteiger partial charge in [0.1, 0.15) is 16.5 Å². The lowest BCUT2D eigenvalue weighted by atomic mass is 10.1. The zero-order valence-electron chi connectivity index (χ0n) is 16.7. The fourth-order valence-corrected chi connectivity index (χ4v) is 3.71. The minimum absolute atomic E-state index is 0.122. The van der Waals surface area contributed by atoms with E-state index >= 15 is 0 Å². The van der Waals surface area contributed by atoms with Gasteiger partial charge in [-0.2, -0.15) is 0 Å². The van der Waals surface area contributed by atoms with Crippen LogP contribution in [0.4, 0.5) is 14.5 Å². The van der Waals surface area contributed by atoms with E-state index in [0.29, 0.717) is 28.6 Å². The number of halogens is 2. The largest absolute Gasteiger partial charge is 0.327 e. The van der Waals surface area contributed by atoms with Gasteiger partial charge >= 0.3 is 0 Å². The van der Waals surface area contributed by atoms with E-state index in [1.54, 1.807) is 32.1 Å². The normalized spacial score (nSPS) is 12.1. The van der Waals surface area contributed by atoms with E-state index < -0.39 is 26.6 Å². The standard InChI is InChI=1S/C21H21F2N3O3S/c1-5-6-16(9-13(2)25-15(4)27)17-10-20(14(3)24-12-17)26-30(28,29)21-8-7-18(22)11-19(21)23/h5-12,26H,2H2,1,3-4H3,(H,25,27)/b6-5-,16-9+. The predicted molar refractivity (Wildman–Crippen MR) is 112 cm³/mol. The molecule has 0 bridgehead atoms. The first-order valence-corrected chi connectivity index (χ1v) is 10.3. The Bertz CT molecular complexity index is 1160. The van der Waals surface area contributed by atoms with Crippen molar-refractivity contribution in [1.82, 2.24) is 10.3 Å². The van der Waals surface area contributed by atoms with Crippen LogP contribution in [0.2, 0.25) is 0 Å². The highest BCUT2D eigenvalue weighted by Gasteiger charge is 2.21. The van der Waals surface area contributed by atoms with Gasteiger partial charge in [0.05, 0.1) is 11.4 Å². The molecule has 6 nitrogen and oxygen atoms in total. The monoisotopic (exact) mass is 433 g/mol. The number of rotatable bonds is 7. The molecule has 0 saturated carbocycles. The molecule has 0 aliphatic carbocycles. The summed E-state index contributed by atoms with van der Waals surface area (Å²) in [7, 11) is -4.32. The molecule has 0 radical (unpaired) electrons. The summed E-state index contributed by atoms with van der Waals surface area (Å²) in [5, 5.41) is 2.55. The number of carbonyl (C=O) groups is 1. The van der Waals surface area contributed by atoms with E-state index in [0.717, 1.165) is 12.1 Å². The summed E-state index contributed by atoms with van der Waals surface area (Å²) in [4.78, 5) is 14.7. The van der Waals surface area contributed by atoms with Crippen molar-refractivity contribution in [2.45, 2.75) is 25.7 Å². The lowest BCUT2D eigenvalue weighted by Gasteiger charge is -2.13. The van der Waals surface area contributed by atoms with E-state index in [1.807, 2.05) is 0 Å². The van der Waals surface area contributed by atoms with Crippen LogP contribution >= 0.6 is 0 Å². The van der Waals surface area contributed by atoms with Crippen LogP contribution in [0.3, 0.4) is 0 Å². The first kappa shape index (κ1) is 23.0. The van der Waals surface area contributed by atoms with E-state index in [2.05, 4.69) is 21.6 Å². The summed E-state index contributed by atoms with van der Waals surface area (Å²) < 4.78 is 54.6. The third kappa shape index (κ3) is 5.84. The summed E-state index contributed by atoms with van der Waals surface area (Å²) in [6, 6.07) is 3.73. The van der Waals surface area contributed by atoms with Gasteiger partial charge in [-0.1, -0.05) is 18.7 Å². The molecule has 1 aromatic carbocycles. The number of allylic oxidation sites excluding steroid dienone is 4. The summed E-state index contributed by atoms with van der Waals surface area (Å²) in [5.74, 6) is -2.37. The van der Waals surface area contributed by atoms with E-state index in [1.165, 1.54) is 19.2 Å². The second-order valence-corrected chi connectivity index (χ2v) is 7.99. The molecule has 1 amide bonds. The van der Waals surface area contributed by atoms with E-state index in [4.69, 9.17) is 0 Å². The third-order valence-corrected chi connectivity index (χ3v) is 5.26. The van der Waals surface area contributed by atoms with Gasteiger partial charge in [0.2, 0.25) is 5.91 Å². The van der Waals surface area contributed by atoms with Crippen molar-refractivity contribution in [2.24, 2.45) is 0 Å². The Morgan fingerprint density at radius 3 is 2.53 bits per heavy atom. The minimum Gasteiger partial charge on any atom is -0.327 e. The highest BCUT2D eigenvalue weighted by atomic mass is 32.2. The van der Waals surface area contributed by atoms with Gasteiger partial charge < -0.3 is 5.32 Å². The van der Waals surface area contributed by atoms with Gasteiger partial charge in [-0.15, -0.1) is 0 Å². The maximum atomic E-state index is 14.0. The number of amides is 1. The molecule has 0 atom stereocenters. The van der Waals surface area contributed by atoms with Crippen LogP contribution < -0.4 is 10.0 Å². The average molecular weight is 433 g/mol. The highest BCUT2D eigenvalue weighted by molar-refractivity contribution is 7.92. The molecule has 2 N–H and O–H groups in total. The lowest BCUT2D eigenvalue weighted by Crippen LogP contribution is -2.17. The molecule has 0 saturated heterocycles. The predicted octanol–water partition coefficient (Wildman–Crippen LogP) is 4.08. The summed E-state index contributed by atoms with van der Waals surface area (Å²) >= 11 is 0. The molecule has 0 spiro atoms. The van der Waals surface area contributed by atoms with Crippen LogP contribution in [0.1, 0.15) is 25.1 Å². The number of nitrogens with zero attached hydrogens (tertiary/aromatic N) is 1. The van der Waals surface area contributed by atoms with Gasteiger partial charge in [-0.25, -0.2) is 17.2 Å². The second kappa shape index (κ2) is 9.45. The molecule has 0 fully saturated rings. The Kier molecular flexibility index (Phi) is 7.23. The van der Waals surface area contributed by atoms with Gasteiger partial charge in [-0.3, -0.25) is 14.5 Å². The SMILES string of the molecule is C=C(/C=C(\C=C/C)c1cnc(C)c(NS(=O)(=O)c2ccc(F)cc2F)c1)NC(C)=O. The first-order chi connectivity index (χ1) is 14.0. The Morgan fingerprint density at radius 2 is 1.93 bits per heavy atom.